The van der Waals surface area contributed by atoms with Crippen molar-refractivity contribution in [2.24, 2.45) is 0 Å². The van der Waals surface area contributed by atoms with Gasteiger partial charge in [0.05, 0.1) is 30.0 Å². The number of benzene rings is 2. The Balaban J connectivity index is 1.40. The molecular weight excluding hydrogens is 504 g/mol. The van der Waals surface area contributed by atoms with Crippen LogP contribution in [0.25, 0.3) is 22.6 Å². The third-order valence-corrected chi connectivity index (χ3v) is 7.90. The molecule has 0 fully saturated rings. The van der Waals surface area contributed by atoms with Gasteiger partial charge in [0.1, 0.15) is 28.7 Å². The van der Waals surface area contributed by atoms with Gasteiger partial charge in [-0.25, -0.2) is 22.9 Å². The van der Waals surface area contributed by atoms with Crippen molar-refractivity contribution in [1.82, 2.24) is 19.2 Å². The fraction of sp³-hybridized carbons (Fsp3) is 0.148. The molecule has 0 saturated heterocycles. The molecule has 11 heteroatoms. The highest BCUT2D eigenvalue weighted by Gasteiger charge is 2.33. The third-order valence-electron chi connectivity index (χ3n) is 6.46. The molecule has 5 aromatic rings. The quantitative estimate of drug-likeness (QED) is 0.345. The lowest BCUT2D eigenvalue weighted by Crippen LogP contribution is -2.23. The summed E-state index contributed by atoms with van der Waals surface area (Å²) in [4.78, 5) is 18.3. The summed E-state index contributed by atoms with van der Waals surface area (Å²) in [6.07, 6.45) is 1.83. The number of nitrogens with one attached hydrogen (secondary N) is 2. The number of aromatic nitrogens is 4. The summed E-state index contributed by atoms with van der Waals surface area (Å²) in [5.74, 6) is 1.16. The lowest BCUT2D eigenvalue weighted by molar-refractivity contribution is 0.262. The largest absolute Gasteiger partial charge is 0.497 e. The summed E-state index contributed by atoms with van der Waals surface area (Å²) in [5, 5.41) is 10.3. The fourth-order valence-electron chi connectivity index (χ4n) is 4.65. The molecule has 10 nitrogen and oxygen atoms in total. The predicted octanol–water partition coefficient (Wildman–Crippen LogP) is 4.58. The van der Waals surface area contributed by atoms with Crippen molar-refractivity contribution in [3.63, 3.8) is 0 Å². The second-order valence-electron chi connectivity index (χ2n) is 9.05. The summed E-state index contributed by atoms with van der Waals surface area (Å²) in [6, 6.07) is 20.0. The zero-order valence-electron chi connectivity index (χ0n) is 20.7. The summed E-state index contributed by atoms with van der Waals surface area (Å²) in [6.45, 7) is 1.95. The molecule has 2 aromatic carbocycles. The van der Waals surface area contributed by atoms with Crippen LogP contribution < -0.4 is 15.4 Å². The Morgan fingerprint density at radius 3 is 2.42 bits per heavy atom. The number of aryl methyl sites for hydroxylation is 1. The molecule has 0 radical (unpaired) electrons. The highest BCUT2D eigenvalue weighted by molar-refractivity contribution is 7.90. The van der Waals surface area contributed by atoms with Crippen LogP contribution in [-0.4, -0.2) is 40.7 Å². The smallest absolute Gasteiger partial charge is 0.326 e. The molecule has 3 aromatic heterocycles. The predicted molar refractivity (Wildman–Crippen MR) is 144 cm³/mol. The van der Waals surface area contributed by atoms with E-state index < -0.39 is 15.9 Å². The number of fused-ring (bicyclic) bond motifs is 2. The Kier molecular flexibility index (Phi) is 5.64. The summed E-state index contributed by atoms with van der Waals surface area (Å²) in [7, 11) is -1.72. The molecule has 2 N–H and O–H groups in total. The van der Waals surface area contributed by atoms with Gasteiger partial charge >= 0.3 is 6.03 Å². The van der Waals surface area contributed by atoms with Gasteiger partial charge < -0.3 is 4.74 Å². The number of ether oxygens (including phenoxy) is 1. The minimum Gasteiger partial charge on any atom is -0.497 e. The van der Waals surface area contributed by atoms with Crippen molar-refractivity contribution < 1.29 is 17.9 Å². The molecule has 4 heterocycles. The topological polar surface area (TPSA) is 120 Å². The number of hydrogen-bond acceptors (Lipinski definition) is 6. The van der Waals surface area contributed by atoms with Crippen LogP contribution in [0.3, 0.4) is 0 Å². The number of amides is 2. The van der Waals surface area contributed by atoms with Crippen LogP contribution in [0, 0.1) is 6.92 Å². The average molecular weight is 529 g/mol. The number of sulfone groups is 1. The van der Waals surface area contributed by atoms with E-state index in [4.69, 9.17) is 9.72 Å². The van der Waals surface area contributed by atoms with Crippen molar-refractivity contribution in [1.29, 1.82) is 0 Å². The number of urea groups is 1. The van der Waals surface area contributed by atoms with E-state index in [-0.39, 0.29) is 11.5 Å². The molecule has 0 unspecified atom stereocenters. The van der Waals surface area contributed by atoms with Crippen molar-refractivity contribution in [3.8, 4) is 22.7 Å². The van der Waals surface area contributed by atoms with E-state index in [0.29, 0.717) is 45.7 Å². The van der Waals surface area contributed by atoms with Crippen LogP contribution in [-0.2, 0) is 21.3 Å². The van der Waals surface area contributed by atoms with E-state index in [2.05, 4.69) is 15.7 Å². The standard InChI is InChI=1S/C27H24N6O4S/c1-17-7-6-14-32-24(17)28-23(18-10-12-20(37-2)13-11-18)26(32)30-27(34)29-25-21-15-38(35,36)16-22(21)31-33(25)19-8-4-3-5-9-19/h3-14H,15-16H2,1-2H3,(H2,29,30,34). The highest BCUT2D eigenvalue weighted by atomic mass is 32.2. The first-order chi connectivity index (χ1) is 18.3. The number of imidazole rings is 1. The monoisotopic (exact) mass is 528 g/mol. The number of methoxy groups -OCH3 is 1. The van der Waals surface area contributed by atoms with Crippen LogP contribution in [0.15, 0.2) is 72.9 Å². The van der Waals surface area contributed by atoms with Gasteiger partial charge in [-0.15, -0.1) is 0 Å². The van der Waals surface area contributed by atoms with E-state index in [1.165, 1.54) is 0 Å². The molecule has 0 spiro atoms. The van der Waals surface area contributed by atoms with Gasteiger partial charge in [-0.3, -0.25) is 15.0 Å². The Labute approximate surface area is 218 Å². The molecule has 0 atom stereocenters. The van der Waals surface area contributed by atoms with Crippen LogP contribution in [0.4, 0.5) is 16.4 Å². The van der Waals surface area contributed by atoms with Gasteiger partial charge in [-0.1, -0.05) is 24.3 Å². The van der Waals surface area contributed by atoms with Gasteiger partial charge in [-0.05, 0) is 55.0 Å². The summed E-state index contributed by atoms with van der Waals surface area (Å²) >= 11 is 0. The number of pyridine rings is 1. The van der Waals surface area contributed by atoms with Gasteiger partial charge in [-0.2, -0.15) is 5.10 Å². The number of carbonyl (C=O) groups is 1. The molecule has 1 aliphatic rings. The molecule has 38 heavy (non-hydrogen) atoms. The maximum absolute atomic E-state index is 13.5. The van der Waals surface area contributed by atoms with Crippen LogP contribution in [0.5, 0.6) is 5.75 Å². The number of carbonyl (C=O) groups excluding carboxylic acids is 1. The zero-order valence-corrected chi connectivity index (χ0v) is 21.5. The average Bonchev–Trinajstić information content (AvgIpc) is 3.54. The van der Waals surface area contributed by atoms with Gasteiger partial charge in [0, 0.05) is 17.3 Å². The summed E-state index contributed by atoms with van der Waals surface area (Å²) < 4.78 is 33.3. The first-order valence-electron chi connectivity index (χ1n) is 11.9. The Morgan fingerprint density at radius 2 is 1.68 bits per heavy atom. The number of rotatable bonds is 5. The molecular formula is C27H24N6O4S. The lowest BCUT2D eigenvalue weighted by Gasteiger charge is -2.13. The van der Waals surface area contributed by atoms with Gasteiger partial charge in [0.2, 0.25) is 0 Å². The van der Waals surface area contributed by atoms with E-state index in [9.17, 15) is 13.2 Å². The zero-order chi connectivity index (χ0) is 26.4. The molecule has 0 aliphatic carbocycles. The molecule has 0 bridgehead atoms. The number of anilines is 2. The Hall–Kier alpha value is -4.64. The first kappa shape index (κ1) is 23.7. The van der Waals surface area contributed by atoms with E-state index in [0.717, 1.165) is 11.1 Å². The summed E-state index contributed by atoms with van der Waals surface area (Å²) in [5.41, 5.74) is 4.67. The number of para-hydroxylation sites is 1. The fourth-order valence-corrected chi connectivity index (χ4v) is 6.14. The van der Waals surface area contributed by atoms with Crippen LogP contribution >= 0.6 is 0 Å². The third kappa shape index (κ3) is 4.16. The van der Waals surface area contributed by atoms with Crippen molar-refractivity contribution >= 4 is 33.2 Å². The Morgan fingerprint density at radius 1 is 0.947 bits per heavy atom. The van der Waals surface area contributed by atoms with Crippen LogP contribution in [0.2, 0.25) is 0 Å². The lowest BCUT2D eigenvalue weighted by atomic mass is 10.1. The number of nitrogens with zero attached hydrogens (tertiary/aromatic N) is 4. The van der Waals surface area contributed by atoms with Crippen LogP contribution in [0.1, 0.15) is 16.8 Å². The Bertz CT molecular complexity index is 1790. The van der Waals surface area contributed by atoms with E-state index in [1.807, 2.05) is 84.3 Å². The normalized spacial score (nSPS) is 13.8. The van der Waals surface area contributed by atoms with Gasteiger partial charge in [0.15, 0.2) is 9.84 Å². The molecule has 0 saturated carbocycles. The van der Waals surface area contributed by atoms with E-state index in [1.54, 1.807) is 11.8 Å². The van der Waals surface area contributed by atoms with Gasteiger partial charge in [0.25, 0.3) is 0 Å². The maximum Gasteiger partial charge on any atom is 0.326 e. The molecule has 1 aliphatic heterocycles. The molecule has 6 rings (SSSR count). The minimum absolute atomic E-state index is 0.160. The molecule has 192 valence electrons. The minimum atomic E-state index is -3.32. The molecule has 2 amide bonds. The second kappa shape index (κ2) is 9.03. The SMILES string of the molecule is COc1ccc(-c2nc3c(C)cccn3c2NC(=O)Nc2c3c(nn2-c2ccccc2)CS(=O)(=O)C3)cc1. The highest BCUT2D eigenvalue weighted by Crippen LogP contribution is 2.34. The maximum atomic E-state index is 13.5. The van der Waals surface area contributed by atoms with Crippen molar-refractivity contribution in [3.05, 3.63) is 89.7 Å². The number of hydrogen-bond donors (Lipinski definition) is 2. The van der Waals surface area contributed by atoms with E-state index >= 15 is 0 Å². The second-order valence-corrected chi connectivity index (χ2v) is 11.1. The first-order valence-corrected chi connectivity index (χ1v) is 13.7. The van der Waals surface area contributed by atoms with Crippen molar-refractivity contribution in [2.75, 3.05) is 17.7 Å². The van der Waals surface area contributed by atoms with Crippen molar-refractivity contribution in [2.45, 2.75) is 18.4 Å².